The van der Waals surface area contributed by atoms with Gasteiger partial charge in [-0.1, -0.05) is 13.8 Å². The first-order chi connectivity index (χ1) is 10.7. The number of rotatable bonds is 6. The molecule has 0 saturated carbocycles. The van der Waals surface area contributed by atoms with Crippen molar-refractivity contribution in [2.45, 2.75) is 45.7 Å². The maximum Gasteiger partial charge on any atom is 0.326 e. The Hall–Kier alpha value is -1.75. The maximum absolute atomic E-state index is 12.3. The first kappa shape index (κ1) is 15.2. The van der Waals surface area contributed by atoms with E-state index in [1.165, 1.54) is 5.56 Å². The summed E-state index contributed by atoms with van der Waals surface area (Å²) >= 11 is 0. The van der Waals surface area contributed by atoms with Crippen molar-refractivity contribution in [3.63, 3.8) is 0 Å². The van der Waals surface area contributed by atoms with Crippen LogP contribution in [0.4, 0.5) is 0 Å². The lowest BCUT2D eigenvalue weighted by Crippen LogP contribution is -2.44. The van der Waals surface area contributed by atoms with Crippen LogP contribution >= 0.6 is 0 Å². The monoisotopic (exact) mass is 303 g/mol. The van der Waals surface area contributed by atoms with E-state index in [0.29, 0.717) is 6.04 Å². The Kier molecular flexibility index (Phi) is 4.25. The van der Waals surface area contributed by atoms with Gasteiger partial charge in [0.15, 0.2) is 0 Å². The van der Waals surface area contributed by atoms with E-state index < -0.39 is 0 Å². The third kappa shape index (κ3) is 2.54. The van der Waals surface area contributed by atoms with Gasteiger partial charge in [0, 0.05) is 18.7 Å². The number of H-pyrrole nitrogens is 1. The van der Waals surface area contributed by atoms with Gasteiger partial charge in [-0.15, -0.1) is 0 Å². The number of ether oxygens (including phenoxy) is 1. The van der Waals surface area contributed by atoms with Crippen molar-refractivity contribution in [3.8, 4) is 5.75 Å². The fourth-order valence-corrected chi connectivity index (χ4v) is 3.64. The van der Waals surface area contributed by atoms with Crippen molar-refractivity contribution in [1.29, 1.82) is 0 Å². The van der Waals surface area contributed by atoms with Crippen molar-refractivity contribution < 1.29 is 4.74 Å². The number of nitrogens with zero attached hydrogens (tertiary/aromatic N) is 2. The molecule has 3 rings (SSSR count). The number of benzene rings is 1. The zero-order valence-electron chi connectivity index (χ0n) is 13.7. The van der Waals surface area contributed by atoms with Crippen LogP contribution in [0.2, 0.25) is 0 Å². The topological polar surface area (TPSA) is 50.3 Å². The number of hydrogen-bond acceptors (Lipinski definition) is 3. The quantitative estimate of drug-likeness (QED) is 0.891. The predicted molar refractivity (Wildman–Crippen MR) is 88.8 cm³/mol. The second-order valence-electron chi connectivity index (χ2n) is 6.12. The van der Waals surface area contributed by atoms with E-state index in [4.69, 9.17) is 4.74 Å². The average molecular weight is 303 g/mol. The Morgan fingerprint density at radius 1 is 1.32 bits per heavy atom. The SMILES string of the molecule is CCCN(CCC)C1Cc2cc(OC)cc3[nH]c(=O)n(c23)C1. The molecule has 0 amide bonds. The molecule has 22 heavy (non-hydrogen) atoms. The highest BCUT2D eigenvalue weighted by molar-refractivity contribution is 5.81. The summed E-state index contributed by atoms with van der Waals surface area (Å²) in [5, 5.41) is 0. The highest BCUT2D eigenvalue weighted by Gasteiger charge is 2.27. The molecule has 5 heteroatoms. The molecular formula is C17H25N3O2. The number of nitrogens with one attached hydrogen (secondary N) is 1. The Morgan fingerprint density at radius 3 is 2.68 bits per heavy atom. The van der Waals surface area contributed by atoms with Crippen LogP contribution in [0.3, 0.4) is 0 Å². The lowest BCUT2D eigenvalue weighted by molar-refractivity contribution is 0.173. The highest BCUT2D eigenvalue weighted by Crippen LogP contribution is 2.29. The lowest BCUT2D eigenvalue weighted by atomic mass is 9.98. The Morgan fingerprint density at radius 2 is 2.05 bits per heavy atom. The molecule has 1 aromatic heterocycles. The van der Waals surface area contributed by atoms with Crippen molar-refractivity contribution in [1.82, 2.24) is 14.5 Å². The van der Waals surface area contributed by atoms with Gasteiger partial charge in [0.05, 0.1) is 18.1 Å². The number of methoxy groups -OCH3 is 1. The van der Waals surface area contributed by atoms with Crippen LogP contribution in [0.25, 0.3) is 11.0 Å². The smallest absolute Gasteiger partial charge is 0.326 e. The van der Waals surface area contributed by atoms with Crippen LogP contribution in [0.5, 0.6) is 5.75 Å². The van der Waals surface area contributed by atoms with Gasteiger partial charge in [-0.25, -0.2) is 4.79 Å². The van der Waals surface area contributed by atoms with Crippen LogP contribution in [0.1, 0.15) is 32.3 Å². The molecule has 2 aromatic rings. The second kappa shape index (κ2) is 6.16. The summed E-state index contributed by atoms with van der Waals surface area (Å²) in [7, 11) is 1.67. The van der Waals surface area contributed by atoms with Crippen LogP contribution < -0.4 is 10.4 Å². The van der Waals surface area contributed by atoms with Crippen molar-refractivity contribution in [2.24, 2.45) is 0 Å². The molecule has 0 spiro atoms. The van der Waals surface area contributed by atoms with Gasteiger partial charge in [0.25, 0.3) is 0 Å². The Balaban J connectivity index is 2.02. The minimum atomic E-state index is -0.0119. The number of aromatic amines is 1. The summed E-state index contributed by atoms with van der Waals surface area (Å²) in [6, 6.07) is 4.37. The molecule has 120 valence electrons. The van der Waals surface area contributed by atoms with E-state index in [-0.39, 0.29) is 5.69 Å². The number of imidazole rings is 1. The van der Waals surface area contributed by atoms with Gasteiger partial charge in [0.2, 0.25) is 0 Å². The van der Waals surface area contributed by atoms with E-state index >= 15 is 0 Å². The Labute approximate surface area is 130 Å². The molecule has 0 aliphatic carbocycles. The van der Waals surface area contributed by atoms with Gasteiger partial charge in [0.1, 0.15) is 5.75 Å². The minimum absolute atomic E-state index is 0.0119. The molecule has 0 radical (unpaired) electrons. The third-order valence-corrected chi connectivity index (χ3v) is 4.54. The molecule has 5 nitrogen and oxygen atoms in total. The van der Waals surface area contributed by atoms with E-state index in [2.05, 4.69) is 29.8 Å². The molecule has 2 heterocycles. The number of hydrogen-bond donors (Lipinski definition) is 1. The van der Waals surface area contributed by atoms with E-state index in [0.717, 1.165) is 55.7 Å². The zero-order valence-corrected chi connectivity index (χ0v) is 13.7. The first-order valence-electron chi connectivity index (χ1n) is 8.21. The highest BCUT2D eigenvalue weighted by atomic mass is 16.5. The Bertz CT molecular complexity index is 710. The van der Waals surface area contributed by atoms with Crippen LogP contribution in [-0.2, 0) is 13.0 Å². The molecular weight excluding hydrogens is 278 g/mol. The molecule has 1 aromatic carbocycles. The van der Waals surface area contributed by atoms with E-state index in [9.17, 15) is 4.79 Å². The summed E-state index contributed by atoms with van der Waals surface area (Å²) in [5.41, 5.74) is 3.13. The normalized spacial score (nSPS) is 17.4. The molecule has 1 aliphatic heterocycles. The average Bonchev–Trinajstić information content (AvgIpc) is 2.84. The van der Waals surface area contributed by atoms with Gasteiger partial charge < -0.3 is 9.72 Å². The maximum atomic E-state index is 12.3. The van der Waals surface area contributed by atoms with Gasteiger partial charge in [-0.3, -0.25) is 9.47 Å². The number of aromatic nitrogens is 2. The fourth-order valence-electron chi connectivity index (χ4n) is 3.64. The molecule has 1 unspecified atom stereocenters. The van der Waals surface area contributed by atoms with Gasteiger partial charge >= 0.3 is 5.69 Å². The zero-order chi connectivity index (χ0) is 15.7. The summed E-state index contributed by atoms with van der Waals surface area (Å²) in [5.74, 6) is 0.814. The molecule has 0 bridgehead atoms. The molecule has 0 fully saturated rings. The molecule has 1 atom stereocenters. The van der Waals surface area contributed by atoms with Gasteiger partial charge in [-0.05, 0) is 44.0 Å². The summed E-state index contributed by atoms with van der Waals surface area (Å²) in [4.78, 5) is 17.8. The van der Waals surface area contributed by atoms with Crippen molar-refractivity contribution in [3.05, 3.63) is 28.2 Å². The lowest BCUT2D eigenvalue weighted by Gasteiger charge is -2.34. The fraction of sp³-hybridized carbons (Fsp3) is 0.588. The molecule has 0 saturated heterocycles. The van der Waals surface area contributed by atoms with Crippen LogP contribution in [-0.4, -0.2) is 40.7 Å². The minimum Gasteiger partial charge on any atom is -0.497 e. The van der Waals surface area contributed by atoms with Crippen molar-refractivity contribution in [2.75, 3.05) is 20.2 Å². The second-order valence-corrected chi connectivity index (χ2v) is 6.12. The largest absolute Gasteiger partial charge is 0.497 e. The standard InChI is InChI=1S/C17H25N3O2/c1-4-6-19(7-5-2)13-8-12-9-14(22-3)10-15-16(12)20(11-13)17(21)18-15/h9-10,13H,4-8,11H2,1-3H3,(H,18,21). The van der Waals surface area contributed by atoms with Gasteiger partial charge in [-0.2, -0.15) is 0 Å². The molecule has 1 N–H and O–H groups in total. The first-order valence-corrected chi connectivity index (χ1v) is 8.21. The summed E-state index contributed by atoms with van der Waals surface area (Å²) < 4.78 is 7.28. The van der Waals surface area contributed by atoms with Crippen molar-refractivity contribution >= 4 is 11.0 Å². The summed E-state index contributed by atoms with van der Waals surface area (Å²) in [6.45, 7) is 7.37. The third-order valence-electron chi connectivity index (χ3n) is 4.54. The van der Waals surface area contributed by atoms with E-state index in [1.54, 1.807) is 7.11 Å². The molecule has 1 aliphatic rings. The predicted octanol–water partition coefficient (Wildman–Crippen LogP) is 2.38. The van der Waals surface area contributed by atoms with Crippen LogP contribution in [0.15, 0.2) is 16.9 Å². The van der Waals surface area contributed by atoms with Crippen LogP contribution in [0, 0.1) is 0 Å². The summed E-state index contributed by atoms with van der Waals surface area (Å²) in [6.07, 6.45) is 3.25. The van der Waals surface area contributed by atoms with E-state index in [1.807, 2.05) is 10.6 Å².